The molecule has 0 aliphatic rings. The summed E-state index contributed by atoms with van der Waals surface area (Å²) >= 11 is 0. The number of benzene rings is 1. The molecule has 0 unspecified atom stereocenters. The van der Waals surface area contributed by atoms with E-state index in [1.165, 1.54) is 12.1 Å². The van der Waals surface area contributed by atoms with Crippen LogP contribution in [-0.2, 0) is 17.8 Å². The zero-order valence-corrected chi connectivity index (χ0v) is 10.6. The molecule has 0 amide bonds. The van der Waals surface area contributed by atoms with E-state index in [2.05, 4.69) is 4.98 Å². The smallest absolute Gasteiger partial charge is 0.305 e. The molecule has 1 N–H and O–H groups in total. The second-order valence-corrected chi connectivity index (χ2v) is 4.28. The highest BCUT2D eigenvalue weighted by atomic mass is 16.6. The number of nitrogens with zero attached hydrogens (tertiary/aromatic N) is 3. The molecule has 0 spiro atoms. The molecule has 0 bridgehead atoms. The van der Waals surface area contributed by atoms with E-state index in [1.54, 1.807) is 29.1 Å². The van der Waals surface area contributed by atoms with Crippen molar-refractivity contribution in [2.24, 2.45) is 0 Å². The minimum atomic E-state index is -0.861. The first-order chi connectivity index (χ1) is 9.56. The number of aryl methyl sites for hydroxylation is 1. The van der Waals surface area contributed by atoms with E-state index < -0.39 is 10.9 Å². The molecule has 0 atom stereocenters. The van der Waals surface area contributed by atoms with Gasteiger partial charge in [-0.3, -0.25) is 14.9 Å². The fraction of sp³-hybridized carbons (Fsp3) is 0.231. The Kier molecular flexibility index (Phi) is 4.09. The van der Waals surface area contributed by atoms with Gasteiger partial charge in [0.05, 0.1) is 11.3 Å². The van der Waals surface area contributed by atoms with Crippen LogP contribution in [0.2, 0.25) is 0 Å². The third-order valence-electron chi connectivity index (χ3n) is 2.88. The van der Waals surface area contributed by atoms with Crippen molar-refractivity contribution in [3.05, 3.63) is 58.2 Å². The molecule has 2 aromatic rings. The number of carbonyl (C=O) groups is 1. The van der Waals surface area contributed by atoms with Crippen LogP contribution in [0, 0.1) is 10.1 Å². The Bertz CT molecular complexity index is 619. The lowest BCUT2D eigenvalue weighted by atomic mass is 10.1. The second kappa shape index (κ2) is 5.96. The van der Waals surface area contributed by atoms with Gasteiger partial charge in [-0.05, 0) is 5.56 Å². The number of hydrogen-bond donors (Lipinski definition) is 1. The summed E-state index contributed by atoms with van der Waals surface area (Å²) in [6.07, 6.45) is 3.88. The molecule has 7 nitrogen and oxygen atoms in total. The first kappa shape index (κ1) is 13.7. The maximum Gasteiger partial charge on any atom is 0.305 e. The van der Waals surface area contributed by atoms with E-state index in [4.69, 9.17) is 5.11 Å². The summed E-state index contributed by atoms with van der Waals surface area (Å²) in [6.45, 7) is 0.359. The summed E-state index contributed by atoms with van der Waals surface area (Å²) in [4.78, 5) is 24.9. The molecule has 1 aromatic heterocycles. The van der Waals surface area contributed by atoms with E-state index in [0.29, 0.717) is 13.0 Å². The Morgan fingerprint density at radius 1 is 1.35 bits per heavy atom. The zero-order chi connectivity index (χ0) is 14.5. The number of carboxylic acids is 1. The minimum Gasteiger partial charge on any atom is -0.481 e. The predicted octanol–water partition coefficient (Wildman–Crippen LogP) is 1.86. The average Bonchev–Trinajstić information content (AvgIpc) is 2.84. The maximum absolute atomic E-state index is 10.6. The van der Waals surface area contributed by atoms with Crippen LogP contribution in [0.1, 0.15) is 17.8 Å². The number of imidazole rings is 1. The number of aliphatic carboxylic acids is 1. The van der Waals surface area contributed by atoms with Gasteiger partial charge < -0.3 is 9.67 Å². The largest absolute Gasteiger partial charge is 0.481 e. The summed E-state index contributed by atoms with van der Waals surface area (Å²) in [5, 5.41) is 19.2. The molecule has 0 saturated carbocycles. The molecule has 0 saturated heterocycles. The Balaban J connectivity index is 2.08. The minimum absolute atomic E-state index is 0.0314. The van der Waals surface area contributed by atoms with Crippen LogP contribution in [0.5, 0.6) is 0 Å². The van der Waals surface area contributed by atoms with Gasteiger partial charge in [0, 0.05) is 37.5 Å². The lowest BCUT2D eigenvalue weighted by molar-refractivity contribution is -0.384. The monoisotopic (exact) mass is 275 g/mol. The SMILES string of the molecule is O=C(O)CCn1ccnc1Cc1ccc([N+](=O)[O-])cc1. The van der Waals surface area contributed by atoms with Crippen molar-refractivity contribution < 1.29 is 14.8 Å². The normalized spacial score (nSPS) is 10.4. The van der Waals surface area contributed by atoms with Gasteiger partial charge >= 0.3 is 5.97 Å². The molecule has 1 aromatic carbocycles. The third kappa shape index (κ3) is 3.41. The Hall–Kier alpha value is -2.70. The molecule has 20 heavy (non-hydrogen) atoms. The van der Waals surface area contributed by atoms with Gasteiger partial charge in [-0.2, -0.15) is 0 Å². The van der Waals surface area contributed by atoms with Crippen LogP contribution >= 0.6 is 0 Å². The summed E-state index contributed by atoms with van der Waals surface area (Å²) < 4.78 is 1.77. The fourth-order valence-electron chi connectivity index (χ4n) is 1.85. The van der Waals surface area contributed by atoms with Gasteiger partial charge in [0.1, 0.15) is 5.82 Å². The highest BCUT2D eigenvalue weighted by Gasteiger charge is 2.08. The maximum atomic E-state index is 10.6. The number of hydrogen-bond acceptors (Lipinski definition) is 4. The molecule has 7 heteroatoms. The van der Waals surface area contributed by atoms with Gasteiger partial charge in [-0.25, -0.2) is 4.98 Å². The molecule has 1 heterocycles. The lowest BCUT2D eigenvalue weighted by Crippen LogP contribution is -2.08. The highest BCUT2D eigenvalue weighted by molar-refractivity contribution is 5.66. The Morgan fingerprint density at radius 3 is 2.65 bits per heavy atom. The number of nitro groups is 1. The predicted molar refractivity (Wildman–Crippen MR) is 70.4 cm³/mol. The van der Waals surface area contributed by atoms with Crippen molar-refractivity contribution >= 4 is 11.7 Å². The van der Waals surface area contributed by atoms with Crippen molar-refractivity contribution in [2.75, 3.05) is 0 Å². The van der Waals surface area contributed by atoms with Crippen molar-refractivity contribution in [3.8, 4) is 0 Å². The molecule has 2 rings (SSSR count). The average molecular weight is 275 g/mol. The molecular formula is C13H13N3O4. The summed E-state index contributed by atoms with van der Waals surface area (Å²) in [5.74, 6) is -0.125. The van der Waals surface area contributed by atoms with Gasteiger partial charge in [0.25, 0.3) is 5.69 Å². The molecule has 104 valence electrons. The summed E-state index contributed by atoms with van der Waals surface area (Å²) in [5.41, 5.74) is 0.932. The van der Waals surface area contributed by atoms with Crippen LogP contribution in [0.3, 0.4) is 0 Å². The number of carboxylic acid groups (broad SMARTS) is 1. The summed E-state index contributed by atoms with van der Waals surface area (Å²) in [6, 6.07) is 6.24. The van der Waals surface area contributed by atoms with E-state index in [0.717, 1.165) is 11.4 Å². The molecule has 0 fully saturated rings. The molecule has 0 radical (unpaired) electrons. The van der Waals surface area contributed by atoms with Crippen molar-refractivity contribution in [1.82, 2.24) is 9.55 Å². The van der Waals surface area contributed by atoms with Gasteiger partial charge in [-0.15, -0.1) is 0 Å². The number of nitro benzene ring substituents is 1. The van der Waals surface area contributed by atoms with Crippen LogP contribution in [0.25, 0.3) is 0 Å². The molecular weight excluding hydrogens is 262 g/mol. The first-order valence-corrected chi connectivity index (χ1v) is 6.01. The van der Waals surface area contributed by atoms with Crippen molar-refractivity contribution in [2.45, 2.75) is 19.4 Å². The quantitative estimate of drug-likeness (QED) is 0.640. The van der Waals surface area contributed by atoms with Crippen molar-refractivity contribution in [3.63, 3.8) is 0 Å². The van der Waals surface area contributed by atoms with Crippen molar-refractivity contribution in [1.29, 1.82) is 0 Å². The second-order valence-electron chi connectivity index (χ2n) is 4.28. The fourth-order valence-corrected chi connectivity index (χ4v) is 1.85. The van der Waals surface area contributed by atoms with Crippen LogP contribution in [-0.4, -0.2) is 25.6 Å². The van der Waals surface area contributed by atoms with E-state index >= 15 is 0 Å². The first-order valence-electron chi connectivity index (χ1n) is 6.01. The Labute approximate surface area is 114 Å². The van der Waals surface area contributed by atoms with E-state index in [-0.39, 0.29) is 12.1 Å². The van der Waals surface area contributed by atoms with Gasteiger partial charge in [-0.1, -0.05) is 12.1 Å². The van der Waals surface area contributed by atoms with Crippen LogP contribution in [0.4, 0.5) is 5.69 Å². The standard InChI is InChI=1S/C13H13N3O4/c17-13(18)5-7-15-8-6-14-12(15)9-10-1-3-11(4-2-10)16(19)20/h1-4,6,8H,5,7,9H2,(H,17,18). The van der Waals surface area contributed by atoms with Crippen LogP contribution in [0.15, 0.2) is 36.7 Å². The van der Waals surface area contributed by atoms with Crippen LogP contribution < -0.4 is 0 Å². The topological polar surface area (TPSA) is 98.3 Å². The molecule has 0 aliphatic heterocycles. The highest BCUT2D eigenvalue weighted by Crippen LogP contribution is 2.14. The number of aromatic nitrogens is 2. The zero-order valence-electron chi connectivity index (χ0n) is 10.6. The van der Waals surface area contributed by atoms with Gasteiger partial charge in [0.15, 0.2) is 0 Å². The Morgan fingerprint density at radius 2 is 2.05 bits per heavy atom. The van der Waals surface area contributed by atoms with E-state index in [9.17, 15) is 14.9 Å². The van der Waals surface area contributed by atoms with Gasteiger partial charge in [0.2, 0.25) is 0 Å². The van der Waals surface area contributed by atoms with E-state index in [1.807, 2.05) is 0 Å². The third-order valence-corrected chi connectivity index (χ3v) is 2.88. The molecule has 0 aliphatic carbocycles. The summed E-state index contributed by atoms with van der Waals surface area (Å²) in [7, 11) is 0. The number of non-ortho nitro benzene ring substituents is 1. The number of rotatable bonds is 6. The lowest BCUT2D eigenvalue weighted by Gasteiger charge is -2.06.